The van der Waals surface area contributed by atoms with Crippen LogP contribution in [0.1, 0.15) is 33.1 Å². The SMILES string of the molecule is CCCC(NC1CCN(C)CC1C)C(=O)O. The van der Waals surface area contributed by atoms with E-state index in [1.54, 1.807) is 0 Å². The Morgan fingerprint density at radius 2 is 2.31 bits per heavy atom. The molecule has 1 rings (SSSR count). The first-order valence-electron chi connectivity index (χ1n) is 6.22. The third-order valence-corrected chi connectivity index (χ3v) is 3.40. The van der Waals surface area contributed by atoms with E-state index >= 15 is 0 Å². The predicted molar refractivity (Wildman–Crippen MR) is 64.5 cm³/mol. The fourth-order valence-electron chi connectivity index (χ4n) is 2.43. The van der Waals surface area contributed by atoms with E-state index < -0.39 is 5.97 Å². The quantitative estimate of drug-likeness (QED) is 0.741. The summed E-state index contributed by atoms with van der Waals surface area (Å²) in [6.45, 7) is 6.32. The highest BCUT2D eigenvalue weighted by atomic mass is 16.4. The predicted octanol–water partition coefficient (Wildman–Crippen LogP) is 1.17. The molecule has 0 aromatic heterocycles. The third kappa shape index (κ3) is 3.76. The molecule has 0 spiro atoms. The van der Waals surface area contributed by atoms with Crippen molar-refractivity contribution < 1.29 is 9.90 Å². The Morgan fingerprint density at radius 3 is 2.81 bits per heavy atom. The fraction of sp³-hybridized carbons (Fsp3) is 0.917. The zero-order valence-electron chi connectivity index (χ0n) is 10.6. The molecule has 0 aromatic carbocycles. The Balaban J connectivity index is 2.47. The van der Waals surface area contributed by atoms with Gasteiger partial charge in [0, 0.05) is 12.6 Å². The highest BCUT2D eigenvalue weighted by Crippen LogP contribution is 2.16. The molecule has 0 aliphatic carbocycles. The number of rotatable bonds is 5. The van der Waals surface area contributed by atoms with Crippen LogP contribution in [-0.2, 0) is 4.79 Å². The second-order valence-electron chi connectivity index (χ2n) is 4.98. The molecule has 94 valence electrons. The van der Waals surface area contributed by atoms with Gasteiger partial charge in [0.1, 0.15) is 6.04 Å². The van der Waals surface area contributed by atoms with Gasteiger partial charge in [-0.2, -0.15) is 0 Å². The second-order valence-corrected chi connectivity index (χ2v) is 4.98. The number of piperidine rings is 1. The molecule has 1 fully saturated rings. The van der Waals surface area contributed by atoms with Gasteiger partial charge in [-0.25, -0.2) is 0 Å². The number of carbonyl (C=O) groups is 1. The monoisotopic (exact) mass is 228 g/mol. The van der Waals surface area contributed by atoms with Gasteiger partial charge in [-0.1, -0.05) is 20.3 Å². The van der Waals surface area contributed by atoms with Gasteiger partial charge in [-0.3, -0.25) is 4.79 Å². The van der Waals surface area contributed by atoms with Crippen molar-refractivity contribution in [3.63, 3.8) is 0 Å². The van der Waals surface area contributed by atoms with Crippen LogP contribution in [0.4, 0.5) is 0 Å². The average molecular weight is 228 g/mol. The molecule has 0 bridgehead atoms. The Morgan fingerprint density at radius 1 is 1.62 bits per heavy atom. The van der Waals surface area contributed by atoms with Crippen LogP contribution >= 0.6 is 0 Å². The summed E-state index contributed by atoms with van der Waals surface area (Å²) < 4.78 is 0. The normalized spacial score (nSPS) is 28.9. The number of nitrogens with one attached hydrogen (secondary N) is 1. The van der Waals surface area contributed by atoms with Gasteiger partial charge in [-0.05, 0) is 32.4 Å². The van der Waals surface area contributed by atoms with Crippen LogP contribution in [0.15, 0.2) is 0 Å². The maximum atomic E-state index is 11.1. The molecule has 0 aromatic rings. The zero-order valence-corrected chi connectivity index (χ0v) is 10.6. The average Bonchev–Trinajstić information content (AvgIpc) is 2.20. The Labute approximate surface area is 98.0 Å². The molecule has 2 N–H and O–H groups in total. The van der Waals surface area contributed by atoms with Crippen molar-refractivity contribution >= 4 is 5.97 Å². The van der Waals surface area contributed by atoms with Gasteiger partial charge in [0.25, 0.3) is 0 Å². The number of nitrogens with zero attached hydrogens (tertiary/aromatic N) is 1. The zero-order chi connectivity index (χ0) is 12.1. The Kier molecular flexibility index (Phi) is 5.22. The number of aliphatic carboxylic acids is 1. The lowest BCUT2D eigenvalue weighted by Gasteiger charge is -2.36. The minimum Gasteiger partial charge on any atom is -0.480 e. The maximum Gasteiger partial charge on any atom is 0.320 e. The van der Waals surface area contributed by atoms with Crippen molar-refractivity contribution in [1.82, 2.24) is 10.2 Å². The summed E-state index contributed by atoms with van der Waals surface area (Å²) in [5.41, 5.74) is 0. The molecule has 3 unspecified atom stereocenters. The fourth-order valence-corrected chi connectivity index (χ4v) is 2.43. The molecule has 0 saturated carbocycles. The summed E-state index contributed by atoms with van der Waals surface area (Å²) in [7, 11) is 2.12. The molecule has 1 aliphatic heterocycles. The van der Waals surface area contributed by atoms with E-state index in [9.17, 15) is 4.79 Å². The van der Waals surface area contributed by atoms with Gasteiger partial charge in [0.15, 0.2) is 0 Å². The first-order chi connectivity index (χ1) is 7.54. The molecule has 4 nitrogen and oxygen atoms in total. The molecule has 1 heterocycles. The van der Waals surface area contributed by atoms with Crippen LogP contribution in [0, 0.1) is 5.92 Å². The molecule has 16 heavy (non-hydrogen) atoms. The lowest BCUT2D eigenvalue weighted by Crippen LogP contribution is -2.52. The summed E-state index contributed by atoms with van der Waals surface area (Å²) >= 11 is 0. The molecule has 4 heteroatoms. The van der Waals surface area contributed by atoms with Gasteiger partial charge >= 0.3 is 5.97 Å². The van der Waals surface area contributed by atoms with E-state index in [0.29, 0.717) is 18.4 Å². The summed E-state index contributed by atoms with van der Waals surface area (Å²) in [5, 5.41) is 12.4. The van der Waals surface area contributed by atoms with E-state index in [2.05, 4.69) is 24.2 Å². The van der Waals surface area contributed by atoms with Crippen molar-refractivity contribution in [3.8, 4) is 0 Å². The molecular formula is C12H24N2O2. The van der Waals surface area contributed by atoms with Crippen molar-refractivity contribution in [1.29, 1.82) is 0 Å². The molecule has 1 aliphatic rings. The highest BCUT2D eigenvalue weighted by molar-refractivity contribution is 5.73. The minimum absolute atomic E-state index is 0.351. The van der Waals surface area contributed by atoms with E-state index in [0.717, 1.165) is 25.9 Å². The van der Waals surface area contributed by atoms with Crippen LogP contribution in [0.3, 0.4) is 0 Å². The maximum absolute atomic E-state index is 11.1. The largest absolute Gasteiger partial charge is 0.480 e. The lowest BCUT2D eigenvalue weighted by atomic mass is 9.93. The van der Waals surface area contributed by atoms with Gasteiger partial charge < -0.3 is 15.3 Å². The van der Waals surface area contributed by atoms with Crippen LogP contribution in [0.5, 0.6) is 0 Å². The van der Waals surface area contributed by atoms with Crippen molar-refractivity contribution in [2.45, 2.75) is 45.2 Å². The molecule has 0 radical (unpaired) electrons. The summed E-state index contributed by atoms with van der Waals surface area (Å²) in [4.78, 5) is 13.4. The topological polar surface area (TPSA) is 52.6 Å². The third-order valence-electron chi connectivity index (χ3n) is 3.40. The van der Waals surface area contributed by atoms with E-state index in [1.807, 2.05) is 6.92 Å². The number of carboxylic acids is 1. The highest BCUT2D eigenvalue weighted by Gasteiger charge is 2.28. The van der Waals surface area contributed by atoms with Crippen molar-refractivity contribution in [3.05, 3.63) is 0 Å². The first-order valence-corrected chi connectivity index (χ1v) is 6.22. The van der Waals surface area contributed by atoms with E-state index in [1.165, 1.54) is 0 Å². The molecule has 0 amide bonds. The molecule has 1 saturated heterocycles. The van der Waals surface area contributed by atoms with Crippen LogP contribution in [0.25, 0.3) is 0 Å². The minimum atomic E-state index is -0.715. The second kappa shape index (κ2) is 6.21. The Hall–Kier alpha value is -0.610. The van der Waals surface area contributed by atoms with Crippen LogP contribution in [-0.4, -0.2) is 48.2 Å². The van der Waals surface area contributed by atoms with E-state index in [-0.39, 0.29) is 6.04 Å². The summed E-state index contributed by atoms with van der Waals surface area (Å²) in [5.74, 6) is -0.189. The van der Waals surface area contributed by atoms with Crippen molar-refractivity contribution in [2.24, 2.45) is 5.92 Å². The van der Waals surface area contributed by atoms with Gasteiger partial charge in [0.05, 0.1) is 0 Å². The van der Waals surface area contributed by atoms with Crippen LogP contribution in [0.2, 0.25) is 0 Å². The standard InChI is InChI=1S/C12H24N2O2/c1-4-5-11(12(15)16)13-10-6-7-14(3)8-9(10)2/h9-11,13H,4-8H2,1-3H3,(H,15,16). The summed E-state index contributed by atoms with van der Waals surface area (Å²) in [6.07, 6.45) is 2.67. The number of hydrogen-bond donors (Lipinski definition) is 2. The number of carboxylic acid groups (broad SMARTS) is 1. The lowest BCUT2D eigenvalue weighted by molar-refractivity contribution is -0.140. The number of hydrogen-bond acceptors (Lipinski definition) is 3. The van der Waals surface area contributed by atoms with Gasteiger partial charge in [0.2, 0.25) is 0 Å². The summed E-state index contributed by atoms with van der Waals surface area (Å²) in [6, 6.07) is -0.0234. The van der Waals surface area contributed by atoms with E-state index in [4.69, 9.17) is 5.11 Å². The molecule has 3 atom stereocenters. The van der Waals surface area contributed by atoms with Crippen molar-refractivity contribution in [2.75, 3.05) is 20.1 Å². The number of likely N-dealkylation sites (tertiary alicyclic amines) is 1. The van der Waals surface area contributed by atoms with Crippen LogP contribution < -0.4 is 5.32 Å². The Bertz CT molecular complexity index is 233. The first kappa shape index (κ1) is 13.5. The smallest absolute Gasteiger partial charge is 0.320 e. The molecular weight excluding hydrogens is 204 g/mol. The van der Waals surface area contributed by atoms with Gasteiger partial charge in [-0.15, -0.1) is 0 Å².